The second kappa shape index (κ2) is 8.12. The number of nitrogens with zero attached hydrogens (tertiary/aromatic N) is 3. The van der Waals surface area contributed by atoms with Crippen LogP contribution in [0, 0.1) is 0 Å². The van der Waals surface area contributed by atoms with Gasteiger partial charge in [-0.05, 0) is 42.5 Å². The van der Waals surface area contributed by atoms with E-state index in [1.165, 1.54) is 4.68 Å². The Balaban J connectivity index is 1.84. The number of carbonyl (C=O) groups is 1. The van der Waals surface area contributed by atoms with Gasteiger partial charge in [-0.15, -0.1) is 0 Å². The van der Waals surface area contributed by atoms with Crippen LogP contribution in [0.25, 0.3) is 22.3 Å². The molecule has 4 aromatic rings. The molecule has 0 radical (unpaired) electrons. The van der Waals surface area contributed by atoms with E-state index in [4.69, 9.17) is 0 Å². The molecule has 0 bridgehead atoms. The van der Waals surface area contributed by atoms with Crippen LogP contribution in [0.5, 0.6) is 0 Å². The van der Waals surface area contributed by atoms with Crippen LogP contribution in [-0.4, -0.2) is 29.7 Å². The molecule has 6 nitrogen and oxygen atoms in total. The van der Waals surface area contributed by atoms with Crippen LogP contribution in [0.2, 0.25) is 0 Å². The average molecular weight is 463 g/mol. The Morgan fingerprint density at radius 1 is 1.00 bits per heavy atom. The number of rotatable bonds is 4. The number of carbonyl (C=O) groups excluding carboxylic acids is 1. The summed E-state index contributed by atoms with van der Waals surface area (Å²) in [5.41, 5.74) is 5.02. The lowest BCUT2D eigenvalue weighted by atomic mass is 10.1. The van der Waals surface area contributed by atoms with Crippen molar-refractivity contribution in [2.24, 2.45) is 0 Å². The van der Waals surface area contributed by atoms with Gasteiger partial charge in [-0.3, -0.25) is 15.0 Å². The van der Waals surface area contributed by atoms with E-state index in [9.17, 15) is 9.59 Å². The summed E-state index contributed by atoms with van der Waals surface area (Å²) in [6.07, 6.45) is 0. The molecule has 4 rings (SSSR count). The first-order chi connectivity index (χ1) is 14.4. The van der Waals surface area contributed by atoms with Crippen molar-refractivity contribution in [1.29, 1.82) is 0 Å². The van der Waals surface area contributed by atoms with E-state index < -0.39 is 5.91 Å². The molecule has 0 atom stereocenters. The van der Waals surface area contributed by atoms with Crippen LogP contribution in [0.15, 0.2) is 82.1 Å². The molecule has 0 saturated heterocycles. The fourth-order valence-corrected chi connectivity index (χ4v) is 3.38. The van der Waals surface area contributed by atoms with Gasteiger partial charge in [0.1, 0.15) is 0 Å². The van der Waals surface area contributed by atoms with Crippen molar-refractivity contribution in [3.05, 3.63) is 93.2 Å². The Morgan fingerprint density at radius 2 is 1.73 bits per heavy atom. The first kappa shape index (κ1) is 19.8. The second-order valence-corrected chi connectivity index (χ2v) is 7.90. The third-order valence-corrected chi connectivity index (χ3v) is 5.24. The number of halogens is 1. The van der Waals surface area contributed by atoms with Gasteiger partial charge in [0.15, 0.2) is 5.82 Å². The average Bonchev–Trinajstić information content (AvgIpc) is 2.76. The summed E-state index contributed by atoms with van der Waals surface area (Å²) in [6, 6.07) is 21.7. The number of hydrogen-bond acceptors (Lipinski definition) is 4. The van der Waals surface area contributed by atoms with Crippen molar-refractivity contribution < 1.29 is 4.79 Å². The van der Waals surface area contributed by atoms with Crippen LogP contribution < -0.4 is 15.9 Å². The maximum Gasteiger partial charge on any atom is 0.280 e. The van der Waals surface area contributed by atoms with Crippen LogP contribution in [0.1, 0.15) is 10.4 Å². The quantitative estimate of drug-likeness (QED) is 0.491. The summed E-state index contributed by atoms with van der Waals surface area (Å²) >= 11 is 3.42. The van der Waals surface area contributed by atoms with Crippen molar-refractivity contribution in [3.8, 4) is 11.4 Å². The number of nitrogens with one attached hydrogen (secondary N) is 1. The molecule has 0 aliphatic heterocycles. The minimum Gasteiger partial charge on any atom is -0.378 e. The van der Waals surface area contributed by atoms with Gasteiger partial charge in [0.25, 0.3) is 11.5 Å². The Bertz CT molecular complexity index is 1300. The van der Waals surface area contributed by atoms with Gasteiger partial charge < -0.3 is 4.90 Å². The summed E-state index contributed by atoms with van der Waals surface area (Å²) in [4.78, 5) is 32.8. The smallest absolute Gasteiger partial charge is 0.280 e. The lowest BCUT2D eigenvalue weighted by molar-refractivity contribution is 0.101. The lowest BCUT2D eigenvalue weighted by Gasteiger charge is -2.16. The molecule has 0 saturated carbocycles. The van der Waals surface area contributed by atoms with E-state index in [0.29, 0.717) is 27.9 Å². The zero-order valence-corrected chi connectivity index (χ0v) is 18.1. The number of hydrogen-bond donors (Lipinski definition) is 1. The van der Waals surface area contributed by atoms with E-state index in [1.807, 2.05) is 55.4 Å². The van der Waals surface area contributed by atoms with Crippen LogP contribution in [0.3, 0.4) is 0 Å². The molecule has 0 fully saturated rings. The van der Waals surface area contributed by atoms with E-state index >= 15 is 0 Å². The van der Waals surface area contributed by atoms with Crippen molar-refractivity contribution in [2.75, 3.05) is 24.4 Å². The van der Waals surface area contributed by atoms with Gasteiger partial charge in [-0.2, -0.15) is 4.68 Å². The normalized spacial score (nSPS) is 10.8. The minimum atomic E-state index is -0.392. The summed E-state index contributed by atoms with van der Waals surface area (Å²) < 4.78 is 2.13. The maximum atomic E-state index is 13.2. The van der Waals surface area contributed by atoms with Crippen LogP contribution >= 0.6 is 15.9 Å². The molecule has 1 heterocycles. The zero-order valence-electron chi connectivity index (χ0n) is 16.5. The van der Waals surface area contributed by atoms with Gasteiger partial charge >= 0.3 is 0 Å². The fourth-order valence-electron chi connectivity index (χ4n) is 3.12. The first-order valence-corrected chi connectivity index (χ1v) is 10.1. The Hall–Kier alpha value is -3.45. The lowest BCUT2D eigenvalue weighted by Crippen LogP contribution is -2.35. The molecule has 0 unspecified atom stereocenters. The van der Waals surface area contributed by atoms with E-state index in [-0.39, 0.29) is 5.56 Å². The molecule has 1 amide bonds. The summed E-state index contributed by atoms with van der Waals surface area (Å²) in [5.74, 6) is -0.0282. The van der Waals surface area contributed by atoms with Gasteiger partial charge in [0.2, 0.25) is 0 Å². The molecule has 1 aromatic heterocycles. The second-order valence-electron chi connectivity index (χ2n) is 6.99. The minimum absolute atomic E-state index is 0.337. The van der Waals surface area contributed by atoms with E-state index in [1.54, 1.807) is 36.4 Å². The van der Waals surface area contributed by atoms with Crippen LogP contribution in [0.4, 0.5) is 5.69 Å². The summed E-state index contributed by atoms with van der Waals surface area (Å²) in [7, 11) is 3.81. The van der Waals surface area contributed by atoms with Gasteiger partial charge in [-0.25, -0.2) is 4.98 Å². The number of aromatic nitrogens is 2. The van der Waals surface area contributed by atoms with E-state index in [2.05, 4.69) is 26.3 Å². The molecular formula is C23H19BrN4O2. The highest BCUT2D eigenvalue weighted by atomic mass is 79.9. The molecule has 3 aromatic carbocycles. The molecule has 1 N–H and O–H groups in total. The fraction of sp³-hybridized carbons (Fsp3) is 0.0870. The highest BCUT2D eigenvalue weighted by Crippen LogP contribution is 2.21. The van der Waals surface area contributed by atoms with Gasteiger partial charge in [0.05, 0.1) is 10.9 Å². The van der Waals surface area contributed by atoms with Crippen LogP contribution in [-0.2, 0) is 0 Å². The molecule has 7 heteroatoms. The highest BCUT2D eigenvalue weighted by Gasteiger charge is 2.16. The standard InChI is InChI=1S/C23H19BrN4O2/c1-27(2)18-7-5-6-16(14-18)22(29)26-28-21(15-10-12-17(24)13-11-15)25-20-9-4-3-8-19(20)23(28)30/h3-14H,1-2H3,(H,26,29). The SMILES string of the molecule is CN(C)c1cccc(C(=O)Nn2c(-c3ccc(Br)cc3)nc3ccccc3c2=O)c1. The van der Waals surface area contributed by atoms with Gasteiger partial charge in [-0.1, -0.05) is 46.3 Å². The third-order valence-electron chi connectivity index (χ3n) is 4.72. The molecule has 0 spiro atoms. The van der Waals surface area contributed by atoms with Gasteiger partial charge in [0, 0.05) is 35.4 Å². The predicted octanol–water partition coefficient (Wildman–Crippen LogP) is 4.28. The highest BCUT2D eigenvalue weighted by molar-refractivity contribution is 9.10. The molecule has 30 heavy (non-hydrogen) atoms. The Labute approximate surface area is 181 Å². The predicted molar refractivity (Wildman–Crippen MR) is 124 cm³/mol. The Kier molecular flexibility index (Phi) is 5.37. The zero-order chi connectivity index (χ0) is 21.3. The molecule has 0 aliphatic rings. The summed E-state index contributed by atoms with van der Waals surface area (Å²) in [5, 5.41) is 0.431. The number of benzene rings is 3. The molecular weight excluding hydrogens is 444 g/mol. The first-order valence-electron chi connectivity index (χ1n) is 9.30. The van der Waals surface area contributed by atoms with Crippen molar-refractivity contribution in [3.63, 3.8) is 0 Å². The maximum absolute atomic E-state index is 13.2. The molecule has 150 valence electrons. The monoisotopic (exact) mass is 462 g/mol. The van der Waals surface area contributed by atoms with E-state index in [0.717, 1.165) is 10.2 Å². The largest absolute Gasteiger partial charge is 0.378 e. The third kappa shape index (κ3) is 3.84. The van der Waals surface area contributed by atoms with Crippen molar-refractivity contribution in [2.45, 2.75) is 0 Å². The number of fused-ring (bicyclic) bond motifs is 1. The number of para-hydroxylation sites is 1. The topological polar surface area (TPSA) is 67.2 Å². The summed E-state index contributed by atoms with van der Waals surface area (Å²) in [6.45, 7) is 0. The Morgan fingerprint density at radius 3 is 2.47 bits per heavy atom. The number of anilines is 1. The number of amides is 1. The van der Waals surface area contributed by atoms with Crippen molar-refractivity contribution in [1.82, 2.24) is 9.66 Å². The molecule has 0 aliphatic carbocycles. The van der Waals surface area contributed by atoms with Crippen molar-refractivity contribution >= 4 is 38.4 Å².